The summed E-state index contributed by atoms with van der Waals surface area (Å²) in [5.41, 5.74) is 7.23. The Hall–Kier alpha value is -3.04. The van der Waals surface area contributed by atoms with Gasteiger partial charge in [-0.25, -0.2) is 4.98 Å². The van der Waals surface area contributed by atoms with Crippen molar-refractivity contribution in [2.24, 2.45) is 0 Å². The zero-order valence-corrected chi connectivity index (χ0v) is 13.9. The lowest BCUT2D eigenvalue weighted by atomic mass is 9.97. The van der Waals surface area contributed by atoms with E-state index in [-0.39, 0.29) is 11.4 Å². The minimum absolute atomic E-state index is 0.000117. The van der Waals surface area contributed by atoms with Crippen molar-refractivity contribution >= 4 is 17.4 Å². The lowest BCUT2D eigenvalue weighted by Crippen LogP contribution is -2.04. The number of pyridine rings is 1. The number of hydrogen-bond acceptors (Lipinski definition) is 3. The van der Waals surface area contributed by atoms with E-state index in [4.69, 9.17) is 17.3 Å². The highest BCUT2D eigenvalue weighted by molar-refractivity contribution is 6.30. The lowest BCUT2D eigenvalue weighted by molar-refractivity contribution is -0.137. The van der Waals surface area contributed by atoms with Gasteiger partial charge in [0.05, 0.1) is 11.3 Å². The number of anilines is 1. The van der Waals surface area contributed by atoms with E-state index in [0.717, 1.165) is 12.1 Å². The fourth-order valence-corrected chi connectivity index (χ4v) is 2.73. The van der Waals surface area contributed by atoms with Crippen molar-refractivity contribution in [2.45, 2.75) is 6.18 Å². The highest BCUT2D eigenvalue weighted by Gasteiger charge is 2.30. The van der Waals surface area contributed by atoms with E-state index in [0.29, 0.717) is 27.4 Å². The van der Waals surface area contributed by atoms with Crippen molar-refractivity contribution in [2.75, 3.05) is 5.73 Å². The molecule has 0 amide bonds. The van der Waals surface area contributed by atoms with Crippen LogP contribution < -0.4 is 5.73 Å². The van der Waals surface area contributed by atoms with Crippen LogP contribution in [0.15, 0.2) is 54.6 Å². The van der Waals surface area contributed by atoms with Gasteiger partial charge in [0.25, 0.3) is 0 Å². The van der Waals surface area contributed by atoms with Crippen molar-refractivity contribution < 1.29 is 13.2 Å². The van der Waals surface area contributed by atoms with E-state index in [1.165, 1.54) is 12.1 Å². The van der Waals surface area contributed by atoms with Crippen LogP contribution in [0, 0.1) is 11.3 Å². The van der Waals surface area contributed by atoms with E-state index in [1.54, 1.807) is 30.3 Å². The minimum atomic E-state index is -4.43. The molecule has 0 saturated heterocycles. The molecule has 0 atom stereocenters. The third-order valence-electron chi connectivity index (χ3n) is 3.80. The number of aromatic nitrogens is 1. The molecule has 0 aliphatic carbocycles. The van der Waals surface area contributed by atoms with E-state index < -0.39 is 11.7 Å². The first kappa shape index (κ1) is 17.8. The SMILES string of the molecule is N#Cc1c(-c2ccc(C(F)(F)F)cc2)cc(-c2cccc(Cl)c2)nc1N. The summed E-state index contributed by atoms with van der Waals surface area (Å²) in [7, 11) is 0. The van der Waals surface area contributed by atoms with Crippen molar-refractivity contribution in [3.63, 3.8) is 0 Å². The third kappa shape index (κ3) is 3.48. The zero-order chi connectivity index (χ0) is 18.9. The van der Waals surface area contributed by atoms with Gasteiger partial charge in [-0.1, -0.05) is 35.9 Å². The van der Waals surface area contributed by atoms with Crippen LogP contribution in [0.1, 0.15) is 11.1 Å². The number of nitrogens with zero attached hydrogens (tertiary/aromatic N) is 2. The summed E-state index contributed by atoms with van der Waals surface area (Å²) < 4.78 is 38.3. The Morgan fingerprint density at radius 2 is 1.69 bits per heavy atom. The van der Waals surface area contributed by atoms with Gasteiger partial charge >= 0.3 is 6.18 Å². The number of rotatable bonds is 2. The van der Waals surface area contributed by atoms with E-state index in [1.807, 2.05) is 6.07 Å². The Morgan fingerprint density at radius 3 is 2.27 bits per heavy atom. The van der Waals surface area contributed by atoms with Gasteiger partial charge in [-0.15, -0.1) is 0 Å². The number of nitrogens with two attached hydrogens (primary N) is 1. The first-order valence-electron chi connectivity index (χ1n) is 7.44. The molecule has 1 aromatic heterocycles. The molecular weight excluding hydrogens is 363 g/mol. The second kappa shape index (κ2) is 6.70. The standard InChI is InChI=1S/C19H11ClF3N3/c20-14-3-1-2-12(8-14)17-9-15(16(10-24)18(25)26-17)11-4-6-13(7-5-11)19(21,22)23/h1-9H,(H2,25,26). The van der Waals surface area contributed by atoms with Gasteiger partial charge < -0.3 is 5.73 Å². The summed E-state index contributed by atoms with van der Waals surface area (Å²) in [5, 5.41) is 9.88. The third-order valence-corrected chi connectivity index (χ3v) is 4.04. The van der Waals surface area contributed by atoms with Crippen molar-refractivity contribution in [3.05, 3.63) is 70.7 Å². The molecule has 2 N–H and O–H groups in total. The van der Waals surface area contributed by atoms with Gasteiger partial charge in [-0.3, -0.25) is 0 Å². The maximum Gasteiger partial charge on any atom is 0.416 e. The Balaban J connectivity index is 2.16. The molecule has 3 rings (SSSR count). The van der Waals surface area contributed by atoms with E-state index >= 15 is 0 Å². The Kier molecular flexibility index (Phi) is 4.58. The number of alkyl halides is 3. The summed E-state index contributed by atoms with van der Waals surface area (Å²) in [5.74, 6) is -0.000117. The molecule has 26 heavy (non-hydrogen) atoms. The molecular formula is C19H11ClF3N3. The molecule has 0 aliphatic rings. The Bertz CT molecular complexity index is 1010. The number of nitriles is 1. The molecule has 0 unspecified atom stereocenters. The molecule has 0 saturated carbocycles. The van der Waals surface area contributed by atoms with Crippen LogP contribution in [0.4, 0.5) is 19.0 Å². The molecule has 2 aromatic carbocycles. The number of nitrogen functional groups attached to an aromatic ring is 1. The summed E-state index contributed by atoms with van der Waals surface area (Å²) >= 11 is 5.99. The summed E-state index contributed by atoms with van der Waals surface area (Å²) in [6.07, 6.45) is -4.43. The fourth-order valence-electron chi connectivity index (χ4n) is 2.54. The summed E-state index contributed by atoms with van der Waals surface area (Å²) in [6, 6.07) is 15.0. The van der Waals surface area contributed by atoms with Crippen LogP contribution in [0.5, 0.6) is 0 Å². The molecule has 3 nitrogen and oxygen atoms in total. The van der Waals surface area contributed by atoms with Crippen LogP contribution in [0.3, 0.4) is 0 Å². The fraction of sp³-hybridized carbons (Fsp3) is 0.0526. The summed E-state index contributed by atoms with van der Waals surface area (Å²) in [6.45, 7) is 0. The van der Waals surface area contributed by atoms with Crippen LogP contribution in [-0.4, -0.2) is 4.98 Å². The second-order valence-electron chi connectivity index (χ2n) is 5.51. The topological polar surface area (TPSA) is 62.7 Å². The largest absolute Gasteiger partial charge is 0.416 e. The molecule has 0 fully saturated rings. The Morgan fingerprint density at radius 1 is 1.00 bits per heavy atom. The van der Waals surface area contributed by atoms with Crippen LogP contribution >= 0.6 is 11.6 Å². The van der Waals surface area contributed by atoms with Crippen LogP contribution in [0.25, 0.3) is 22.4 Å². The quantitative estimate of drug-likeness (QED) is 0.641. The highest BCUT2D eigenvalue weighted by atomic mass is 35.5. The smallest absolute Gasteiger partial charge is 0.383 e. The van der Waals surface area contributed by atoms with E-state index in [2.05, 4.69) is 4.98 Å². The normalized spacial score (nSPS) is 11.2. The number of benzene rings is 2. The molecule has 130 valence electrons. The first-order chi connectivity index (χ1) is 12.3. The first-order valence-corrected chi connectivity index (χ1v) is 7.81. The molecule has 7 heteroatoms. The van der Waals surface area contributed by atoms with Crippen molar-refractivity contribution in [1.29, 1.82) is 5.26 Å². The number of halogens is 4. The minimum Gasteiger partial charge on any atom is -0.383 e. The van der Waals surface area contributed by atoms with Gasteiger partial charge in [0.1, 0.15) is 17.5 Å². The highest BCUT2D eigenvalue weighted by Crippen LogP contribution is 2.34. The van der Waals surface area contributed by atoms with Crippen LogP contribution in [0.2, 0.25) is 5.02 Å². The second-order valence-corrected chi connectivity index (χ2v) is 5.95. The zero-order valence-electron chi connectivity index (χ0n) is 13.2. The van der Waals surface area contributed by atoms with Gasteiger partial charge in [0, 0.05) is 16.1 Å². The molecule has 0 aliphatic heterocycles. The molecule has 3 aromatic rings. The number of hydrogen-bond donors (Lipinski definition) is 1. The average Bonchev–Trinajstić information content (AvgIpc) is 2.60. The van der Waals surface area contributed by atoms with Gasteiger partial charge in [0.2, 0.25) is 0 Å². The maximum absolute atomic E-state index is 12.8. The maximum atomic E-state index is 12.8. The lowest BCUT2D eigenvalue weighted by Gasteiger charge is -2.12. The van der Waals surface area contributed by atoms with Gasteiger partial charge in [0.15, 0.2) is 0 Å². The predicted octanol–water partition coefficient (Wildman–Crippen LogP) is 5.54. The average molecular weight is 374 g/mol. The van der Waals surface area contributed by atoms with Gasteiger partial charge in [-0.2, -0.15) is 18.4 Å². The molecule has 0 radical (unpaired) electrons. The van der Waals surface area contributed by atoms with Crippen LogP contribution in [-0.2, 0) is 6.18 Å². The van der Waals surface area contributed by atoms with Crippen molar-refractivity contribution in [3.8, 4) is 28.5 Å². The monoisotopic (exact) mass is 373 g/mol. The summed E-state index contributed by atoms with van der Waals surface area (Å²) in [4.78, 5) is 4.21. The van der Waals surface area contributed by atoms with E-state index in [9.17, 15) is 18.4 Å². The predicted molar refractivity (Wildman–Crippen MR) is 94.2 cm³/mol. The molecule has 1 heterocycles. The van der Waals surface area contributed by atoms with Gasteiger partial charge in [-0.05, 0) is 35.9 Å². The van der Waals surface area contributed by atoms with Crippen molar-refractivity contribution in [1.82, 2.24) is 4.98 Å². The molecule has 0 spiro atoms. The Labute approximate surface area is 152 Å². The molecule has 0 bridgehead atoms.